The van der Waals surface area contributed by atoms with Crippen LogP contribution in [0, 0.1) is 0 Å². The highest BCUT2D eigenvalue weighted by Crippen LogP contribution is 2.24. The van der Waals surface area contributed by atoms with Crippen LogP contribution >= 0.6 is 23.2 Å². The quantitative estimate of drug-likeness (QED) is 0.671. The zero-order valence-corrected chi connectivity index (χ0v) is 18.4. The molecule has 9 heteroatoms. The van der Waals surface area contributed by atoms with E-state index in [9.17, 15) is 13.2 Å². The van der Waals surface area contributed by atoms with E-state index in [0.717, 1.165) is 11.9 Å². The highest BCUT2D eigenvalue weighted by molar-refractivity contribution is 7.88. The monoisotopic (exact) mass is 455 g/mol. The molecule has 0 spiro atoms. The number of anilines is 1. The summed E-state index contributed by atoms with van der Waals surface area (Å²) < 4.78 is 25.6. The van der Waals surface area contributed by atoms with Crippen LogP contribution in [0.2, 0.25) is 10.0 Å². The van der Waals surface area contributed by atoms with Gasteiger partial charge in [-0.05, 0) is 29.8 Å². The lowest BCUT2D eigenvalue weighted by Crippen LogP contribution is -2.51. The van der Waals surface area contributed by atoms with E-state index in [-0.39, 0.29) is 19.0 Å². The van der Waals surface area contributed by atoms with Crippen LogP contribution in [0.4, 0.5) is 5.69 Å². The predicted octanol–water partition coefficient (Wildman–Crippen LogP) is 3.10. The lowest BCUT2D eigenvalue weighted by molar-refractivity contribution is -0.131. The van der Waals surface area contributed by atoms with E-state index in [1.165, 1.54) is 4.31 Å². The summed E-state index contributed by atoms with van der Waals surface area (Å²) in [5.41, 5.74) is 1.79. The van der Waals surface area contributed by atoms with Crippen molar-refractivity contribution in [3.8, 4) is 0 Å². The predicted molar refractivity (Wildman–Crippen MR) is 117 cm³/mol. The van der Waals surface area contributed by atoms with Gasteiger partial charge in [-0.2, -0.15) is 4.31 Å². The summed E-state index contributed by atoms with van der Waals surface area (Å²) in [7, 11) is -3.57. The van der Waals surface area contributed by atoms with Crippen LogP contribution in [0.3, 0.4) is 0 Å². The molecule has 156 valence electrons. The van der Waals surface area contributed by atoms with Gasteiger partial charge in [0.05, 0.1) is 22.8 Å². The Morgan fingerprint density at radius 2 is 1.66 bits per heavy atom. The van der Waals surface area contributed by atoms with Crippen LogP contribution in [0.1, 0.15) is 5.56 Å². The second-order valence-electron chi connectivity index (χ2n) is 6.98. The average molecular weight is 456 g/mol. The molecule has 0 N–H and O–H groups in total. The minimum atomic E-state index is -3.57. The van der Waals surface area contributed by atoms with Gasteiger partial charge in [-0.3, -0.25) is 4.79 Å². The molecule has 0 aromatic heterocycles. The molecular formula is C20H23Cl2N3O3S. The molecule has 1 aliphatic rings. The molecule has 1 fully saturated rings. The third-order valence-corrected chi connectivity index (χ3v) is 6.81. The maximum absolute atomic E-state index is 12.8. The zero-order chi connectivity index (χ0) is 21.0. The summed E-state index contributed by atoms with van der Waals surface area (Å²) in [4.78, 5) is 16.7. The molecule has 1 amide bonds. The number of piperazine rings is 1. The molecule has 1 aliphatic heterocycles. The Bertz CT molecular complexity index is 962. The van der Waals surface area contributed by atoms with Crippen molar-refractivity contribution >= 4 is 44.8 Å². The van der Waals surface area contributed by atoms with Crippen molar-refractivity contribution in [1.29, 1.82) is 0 Å². The van der Waals surface area contributed by atoms with Crippen molar-refractivity contribution in [2.24, 2.45) is 0 Å². The SMILES string of the molecule is CS(=O)(=O)N(CC(=O)N1CCN(c2ccccc2)CC1)Cc1ccc(Cl)c(Cl)c1. The van der Waals surface area contributed by atoms with Crippen molar-refractivity contribution in [3.63, 3.8) is 0 Å². The van der Waals surface area contributed by atoms with Crippen molar-refractivity contribution in [2.75, 3.05) is 43.9 Å². The number of carbonyl (C=O) groups is 1. The van der Waals surface area contributed by atoms with E-state index in [4.69, 9.17) is 23.2 Å². The first-order chi connectivity index (χ1) is 13.7. The summed E-state index contributed by atoms with van der Waals surface area (Å²) in [5.74, 6) is -0.205. The molecular weight excluding hydrogens is 433 g/mol. The molecule has 0 radical (unpaired) electrons. The van der Waals surface area contributed by atoms with Gasteiger partial charge in [-0.25, -0.2) is 8.42 Å². The van der Waals surface area contributed by atoms with Crippen LogP contribution in [0.5, 0.6) is 0 Å². The van der Waals surface area contributed by atoms with E-state index in [0.29, 0.717) is 41.8 Å². The first-order valence-electron chi connectivity index (χ1n) is 9.21. The fourth-order valence-electron chi connectivity index (χ4n) is 3.24. The molecule has 29 heavy (non-hydrogen) atoms. The Morgan fingerprint density at radius 1 is 1.00 bits per heavy atom. The number of nitrogens with zero attached hydrogens (tertiary/aromatic N) is 3. The van der Waals surface area contributed by atoms with E-state index >= 15 is 0 Å². The molecule has 0 aliphatic carbocycles. The lowest BCUT2D eigenvalue weighted by Gasteiger charge is -2.36. The number of rotatable bonds is 6. The van der Waals surface area contributed by atoms with Crippen molar-refractivity contribution < 1.29 is 13.2 Å². The van der Waals surface area contributed by atoms with E-state index < -0.39 is 10.0 Å². The van der Waals surface area contributed by atoms with Gasteiger partial charge in [0.2, 0.25) is 15.9 Å². The third kappa shape index (κ3) is 5.85. The van der Waals surface area contributed by atoms with Crippen LogP contribution < -0.4 is 4.90 Å². The summed E-state index contributed by atoms with van der Waals surface area (Å²) in [6.45, 7) is 2.38. The Kier molecular flexibility index (Phi) is 7.05. The minimum absolute atomic E-state index is 0.0610. The maximum atomic E-state index is 12.8. The standard InChI is InChI=1S/C20H23Cl2N3O3S/c1-29(27,28)25(14-16-7-8-18(21)19(22)13-16)15-20(26)24-11-9-23(10-12-24)17-5-3-2-4-6-17/h2-8,13H,9-12,14-15H2,1H3. The molecule has 0 bridgehead atoms. The summed E-state index contributed by atoms with van der Waals surface area (Å²) in [5, 5.41) is 0.745. The number of amides is 1. The van der Waals surface area contributed by atoms with Crippen molar-refractivity contribution in [1.82, 2.24) is 9.21 Å². The smallest absolute Gasteiger partial charge is 0.238 e. The number of benzene rings is 2. The van der Waals surface area contributed by atoms with Crippen LogP contribution in [-0.2, 0) is 21.4 Å². The highest BCUT2D eigenvalue weighted by atomic mass is 35.5. The van der Waals surface area contributed by atoms with Crippen LogP contribution in [-0.4, -0.2) is 62.5 Å². The Balaban J connectivity index is 1.62. The van der Waals surface area contributed by atoms with Crippen molar-refractivity contribution in [3.05, 3.63) is 64.1 Å². The summed E-state index contributed by atoms with van der Waals surface area (Å²) >= 11 is 11.9. The van der Waals surface area contributed by atoms with Gasteiger partial charge in [0.15, 0.2) is 0 Å². The van der Waals surface area contributed by atoms with E-state index in [1.807, 2.05) is 30.3 Å². The lowest BCUT2D eigenvalue weighted by atomic mass is 10.2. The fourth-order valence-corrected chi connectivity index (χ4v) is 4.28. The largest absolute Gasteiger partial charge is 0.368 e. The Hall–Kier alpha value is -1.80. The highest BCUT2D eigenvalue weighted by Gasteiger charge is 2.26. The topological polar surface area (TPSA) is 60.9 Å². The summed E-state index contributed by atoms with van der Waals surface area (Å²) in [6.07, 6.45) is 1.10. The molecule has 2 aromatic carbocycles. The molecule has 0 atom stereocenters. The number of hydrogen-bond acceptors (Lipinski definition) is 4. The fraction of sp³-hybridized carbons (Fsp3) is 0.350. The van der Waals surface area contributed by atoms with Gasteiger partial charge in [-0.15, -0.1) is 0 Å². The number of halogens is 2. The number of para-hydroxylation sites is 1. The van der Waals surface area contributed by atoms with Gasteiger partial charge >= 0.3 is 0 Å². The summed E-state index contributed by atoms with van der Waals surface area (Å²) in [6, 6.07) is 15.0. The van der Waals surface area contributed by atoms with Crippen LogP contribution in [0.25, 0.3) is 0 Å². The average Bonchev–Trinajstić information content (AvgIpc) is 2.70. The number of carbonyl (C=O) groups excluding carboxylic acids is 1. The van der Waals surface area contributed by atoms with E-state index in [1.54, 1.807) is 23.1 Å². The second kappa shape index (κ2) is 9.34. The number of sulfonamides is 1. The molecule has 3 rings (SSSR count). The molecule has 0 unspecified atom stereocenters. The first kappa shape index (κ1) is 21.9. The number of hydrogen-bond donors (Lipinski definition) is 0. The molecule has 0 saturated carbocycles. The Morgan fingerprint density at radius 3 is 2.24 bits per heavy atom. The molecule has 1 heterocycles. The van der Waals surface area contributed by atoms with Crippen LogP contribution in [0.15, 0.2) is 48.5 Å². The van der Waals surface area contributed by atoms with E-state index in [2.05, 4.69) is 4.90 Å². The van der Waals surface area contributed by atoms with Gasteiger partial charge in [0.1, 0.15) is 0 Å². The van der Waals surface area contributed by atoms with Crippen molar-refractivity contribution in [2.45, 2.75) is 6.54 Å². The van der Waals surface area contributed by atoms with Gasteiger partial charge in [0.25, 0.3) is 0 Å². The minimum Gasteiger partial charge on any atom is -0.368 e. The van der Waals surface area contributed by atoms with Gasteiger partial charge < -0.3 is 9.80 Å². The zero-order valence-electron chi connectivity index (χ0n) is 16.1. The normalized spacial score (nSPS) is 15.0. The van der Waals surface area contributed by atoms with Gasteiger partial charge in [0, 0.05) is 38.4 Å². The molecule has 2 aromatic rings. The van der Waals surface area contributed by atoms with Gasteiger partial charge in [-0.1, -0.05) is 47.5 Å². The second-order valence-corrected chi connectivity index (χ2v) is 9.78. The third-order valence-electron chi connectivity index (χ3n) is 4.88. The molecule has 6 nitrogen and oxygen atoms in total. The maximum Gasteiger partial charge on any atom is 0.238 e. The first-order valence-corrected chi connectivity index (χ1v) is 11.8. The molecule has 1 saturated heterocycles. The Labute approximate surface area is 181 Å².